The third-order valence-corrected chi connectivity index (χ3v) is 12.5. The molecule has 0 radical (unpaired) electrons. The van der Waals surface area contributed by atoms with E-state index in [-0.39, 0.29) is 0 Å². The van der Waals surface area contributed by atoms with E-state index in [2.05, 4.69) is 194 Å². The van der Waals surface area contributed by atoms with Crippen LogP contribution in [0.25, 0.3) is 120 Å². The summed E-state index contributed by atoms with van der Waals surface area (Å²) < 4.78 is 13.8. The molecule has 0 bridgehead atoms. The Labute approximate surface area is 343 Å². The highest BCUT2D eigenvalue weighted by molar-refractivity contribution is 6.27. The number of rotatable bonds is 4. The summed E-state index contributed by atoms with van der Waals surface area (Å²) in [5.41, 5.74) is 14.2. The molecule has 0 amide bonds. The Hall–Kier alpha value is -8.33. The molecule has 278 valence electrons. The minimum Gasteiger partial charge on any atom is -0.455 e. The van der Waals surface area contributed by atoms with Crippen LogP contribution in [0.2, 0.25) is 0 Å². The molecule has 9 aromatic carbocycles. The summed E-state index contributed by atoms with van der Waals surface area (Å²) in [6.45, 7) is 8.25. The topological polar surface area (TPSA) is 32.3 Å². The lowest BCUT2D eigenvalue weighted by Crippen LogP contribution is -2.01. The average Bonchev–Trinajstić information content (AvgIpc) is 4.05. The van der Waals surface area contributed by atoms with E-state index >= 15 is 0 Å². The molecular weight excluding hydrogens is 733 g/mol. The lowest BCUT2D eigenvalue weighted by Gasteiger charge is -2.19. The quantitative estimate of drug-likeness (QED) is 0.164. The molecule has 0 saturated heterocycles. The number of benzene rings is 9. The van der Waals surface area contributed by atoms with Gasteiger partial charge in [-0.3, -0.25) is 0 Å². The molecule has 0 aliphatic heterocycles. The molecule has 0 aliphatic carbocycles. The molecule has 4 heterocycles. The summed E-state index contributed by atoms with van der Waals surface area (Å²) in [5.74, 6) is 0. The third-order valence-electron chi connectivity index (χ3n) is 12.5. The van der Waals surface area contributed by atoms with Crippen molar-refractivity contribution >= 4 is 93.0 Å². The van der Waals surface area contributed by atoms with Crippen molar-refractivity contribution in [3.63, 3.8) is 0 Å². The molecule has 60 heavy (non-hydrogen) atoms. The fourth-order valence-corrected chi connectivity index (χ4v) is 10.0. The van der Waals surface area contributed by atoms with Crippen molar-refractivity contribution in [2.75, 3.05) is 0 Å². The monoisotopic (exact) mass is 764 g/mol. The van der Waals surface area contributed by atoms with Gasteiger partial charge >= 0.3 is 0 Å². The van der Waals surface area contributed by atoms with Gasteiger partial charge < -0.3 is 18.1 Å². The maximum atomic E-state index is 8.25. The van der Waals surface area contributed by atoms with Gasteiger partial charge in [-0.05, 0) is 66.7 Å². The van der Waals surface area contributed by atoms with Gasteiger partial charge in [0, 0.05) is 60.2 Å². The van der Waals surface area contributed by atoms with Crippen LogP contribution in [0, 0.1) is 6.57 Å². The largest absolute Gasteiger partial charge is 0.455 e. The Morgan fingerprint density at radius 2 is 0.967 bits per heavy atom. The molecule has 5 heteroatoms. The first-order valence-electron chi connectivity index (χ1n) is 20.2. The van der Waals surface area contributed by atoms with Crippen LogP contribution in [0.3, 0.4) is 0 Å². The van der Waals surface area contributed by atoms with E-state index in [0.29, 0.717) is 5.69 Å². The zero-order valence-corrected chi connectivity index (χ0v) is 32.2. The molecule has 0 unspecified atom stereocenters. The second kappa shape index (κ2) is 12.3. The Morgan fingerprint density at radius 3 is 1.75 bits per heavy atom. The fourth-order valence-electron chi connectivity index (χ4n) is 10.0. The van der Waals surface area contributed by atoms with Crippen molar-refractivity contribution in [1.82, 2.24) is 13.7 Å². The van der Waals surface area contributed by atoms with E-state index in [1.54, 1.807) is 0 Å². The van der Waals surface area contributed by atoms with Crippen LogP contribution < -0.4 is 0 Å². The Balaban J connectivity index is 1.15. The Kier molecular flexibility index (Phi) is 6.73. The first-order valence-corrected chi connectivity index (χ1v) is 20.2. The van der Waals surface area contributed by atoms with E-state index < -0.39 is 0 Å². The second-order valence-electron chi connectivity index (χ2n) is 15.5. The number of nitrogens with zero attached hydrogens (tertiary/aromatic N) is 4. The Bertz CT molecular complexity index is 3960. The Morgan fingerprint density at radius 1 is 0.383 bits per heavy atom. The highest BCUT2D eigenvalue weighted by Crippen LogP contribution is 2.46. The average molecular weight is 765 g/mol. The van der Waals surface area contributed by atoms with Crippen LogP contribution in [-0.2, 0) is 0 Å². The molecule has 0 saturated carbocycles. The van der Waals surface area contributed by atoms with Crippen molar-refractivity contribution < 1.29 is 4.42 Å². The zero-order valence-electron chi connectivity index (χ0n) is 32.2. The van der Waals surface area contributed by atoms with E-state index in [9.17, 15) is 0 Å². The standard InChI is InChI=1S/C55H32N4O/c1-56-34-27-28-38(36-17-5-10-22-44(36)58-47-25-13-8-21-43(47)53-49(58)32-30-41-39-19-9-14-26-51(39)60-55(41)53)50(33-34)59-45-23-11-6-18-37(45)40-29-31-48-52(54(40)59)42-20-7-12-24-46(42)57(48)35-15-3-2-4-16-35/h2-33H. The van der Waals surface area contributed by atoms with Gasteiger partial charge in [-0.1, -0.05) is 127 Å². The molecule has 0 aliphatic rings. The molecule has 13 aromatic rings. The normalized spacial score (nSPS) is 12.0. The lowest BCUT2D eigenvalue weighted by atomic mass is 10.00. The van der Waals surface area contributed by atoms with Gasteiger partial charge in [-0.25, -0.2) is 4.85 Å². The van der Waals surface area contributed by atoms with Crippen LogP contribution in [0.4, 0.5) is 5.69 Å². The summed E-state index contributed by atoms with van der Waals surface area (Å²) in [6.07, 6.45) is 0. The summed E-state index contributed by atoms with van der Waals surface area (Å²) in [6, 6.07) is 68.7. The number of furan rings is 1. The van der Waals surface area contributed by atoms with E-state index in [1.807, 2.05) is 18.2 Å². The SMILES string of the molecule is [C-]#[N+]c1ccc(-c2ccccc2-n2c3ccccc3c3c4oc5ccccc5c4ccc32)c(-n2c3ccccc3c3ccc4c(c5ccccc5n4-c4ccccc4)c32)c1. The highest BCUT2D eigenvalue weighted by Gasteiger charge is 2.25. The van der Waals surface area contributed by atoms with Crippen molar-refractivity contribution in [1.29, 1.82) is 0 Å². The minimum absolute atomic E-state index is 0.584. The summed E-state index contributed by atoms with van der Waals surface area (Å²) in [4.78, 5) is 4.01. The molecule has 13 rings (SSSR count). The number of fused-ring (bicyclic) bond motifs is 14. The maximum Gasteiger partial charge on any atom is 0.189 e. The zero-order chi connectivity index (χ0) is 39.5. The maximum absolute atomic E-state index is 8.25. The van der Waals surface area contributed by atoms with Crippen molar-refractivity contribution in [3.05, 3.63) is 206 Å². The molecule has 0 spiro atoms. The fraction of sp³-hybridized carbons (Fsp3) is 0. The van der Waals surface area contributed by atoms with Gasteiger partial charge in [0.15, 0.2) is 5.69 Å². The van der Waals surface area contributed by atoms with Gasteiger partial charge in [-0.2, -0.15) is 0 Å². The van der Waals surface area contributed by atoms with E-state index in [0.717, 1.165) is 99.4 Å². The molecule has 4 aromatic heterocycles. The molecule has 0 atom stereocenters. The summed E-state index contributed by atoms with van der Waals surface area (Å²) in [7, 11) is 0. The van der Waals surface area contributed by atoms with Crippen LogP contribution in [0.1, 0.15) is 0 Å². The summed E-state index contributed by atoms with van der Waals surface area (Å²) in [5, 5.41) is 9.13. The van der Waals surface area contributed by atoms with Crippen molar-refractivity contribution in [2.24, 2.45) is 0 Å². The predicted octanol–water partition coefficient (Wildman–Crippen LogP) is 15.1. The summed E-state index contributed by atoms with van der Waals surface area (Å²) >= 11 is 0. The molecule has 5 nitrogen and oxygen atoms in total. The molecule has 0 fully saturated rings. The van der Waals surface area contributed by atoms with Gasteiger partial charge in [-0.15, -0.1) is 0 Å². The second-order valence-corrected chi connectivity index (χ2v) is 15.5. The van der Waals surface area contributed by atoms with Crippen molar-refractivity contribution in [3.8, 4) is 28.2 Å². The number of para-hydroxylation sites is 6. The van der Waals surface area contributed by atoms with Gasteiger partial charge in [0.1, 0.15) is 11.2 Å². The van der Waals surface area contributed by atoms with Crippen molar-refractivity contribution in [2.45, 2.75) is 0 Å². The van der Waals surface area contributed by atoms with Crippen LogP contribution in [-0.4, -0.2) is 13.7 Å². The number of hydrogen-bond acceptors (Lipinski definition) is 1. The van der Waals surface area contributed by atoms with E-state index in [1.165, 1.54) is 16.2 Å². The van der Waals surface area contributed by atoms with E-state index in [4.69, 9.17) is 11.0 Å². The smallest absolute Gasteiger partial charge is 0.189 e. The first-order chi connectivity index (χ1) is 29.8. The lowest BCUT2D eigenvalue weighted by molar-refractivity contribution is 0.673. The van der Waals surface area contributed by atoms with Gasteiger partial charge in [0.25, 0.3) is 0 Å². The van der Waals surface area contributed by atoms with Crippen LogP contribution in [0.15, 0.2) is 199 Å². The van der Waals surface area contributed by atoms with Crippen LogP contribution >= 0.6 is 0 Å². The predicted molar refractivity (Wildman–Crippen MR) is 248 cm³/mol. The van der Waals surface area contributed by atoms with Gasteiger partial charge in [0.2, 0.25) is 0 Å². The van der Waals surface area contributed by atoms with Crippen LogP contribution in [0.5, 0.6) is 0 Å². The van der Waals surface area contributed by atoms with Gasteiger partial charge in [0.05, 0.1) is 50.7 Å². The number of aromatic nitrogens is 3. The highest BCUT2D eigenvalue weighted by atomic mass is 16.3. The number of hydrogen-bond donors (Lipinski definition) is 0. The minimum atomic E-state index is 0.584. The molecule has 0 N–H and O–H groups in total. The first kappa shape index (κ1) is 32.7. The third kappa shape index (κ3) is 4.39. The molecular formula is C55H32N4O.